The standard InChI is InChI=1S/C64H121NO5/c1-4-7-10-13-16-19-22-25-28-30-31-33-36-39-42-45-48-51-54-57-64(69)70-60(55-52-49-46-43-40-37-34-27-24-21-18-15-12-9-6-3)58-63(68)65-61(59-66)62(67)56-53-50-47-44-41-38-35-32-29-26-23-20-17-14-11-8-5-2/h16,19,25,27-28,34,60-62,66-67H,4-15,17-18,20-24,26,29-33,35-59H2,1-3H3,(H,65,68)/b19-16-,28-25-,34-27+. The summed E-state index contributed by atoms with van der Waals surface area (Å²) in [7, 11) is 0. The van der Waals surface area contributed by atoms with Crippen LogP contribution in [-0.2, 0) is 14.3 Å². The average molecular weight is 985 g/mol. The second kappa shape index (κ2) is 58.0. The minimum Gasteiger partial charge on any atom is -0.462 e. The number of hydrogen-bond acceptors (Lipinski definition) is 5. The Hall–Kier alpha value is -1.92. The van der Waals surface area contributed by atoms with Crippen LogP contribution >= 0.6 is 0 Å². The molecule has 0 fully saturated rings. The number of ether oxygens (including phenoxy) is 1. The van der Waals surface area contributed by atoms with Gasteiger partial charge in [0.05, 0.1) is 25.2 Å². The second-order valence-electron chi connectivity index (χ2n) is 21.5. The molecular formula is C64H121NO5. The van der Waals surface area contributed by atoms with Gasteiger partial charge >= 0.3 is 5.97 Å². The molecule has 0 aliphatic carbocycles. The molecule has 0 aliphatic heterocycles. The zero-order valence-corrected chi connectivity index (χ0v) is 47.2. The second-order valence-corrected chi connectivity index (χ2v) is 21.5. The van der Waals surface area contributed by atoms with E-state index in [1.165, 1.54) is 225 Å². The van der Waals surface area contributed by atoms with E-state index >= 15 is 0 Å². The van der Waals surface area contributed by atoms with E-state index in [2.05, 4.69) is 62.5 Å². The van der Waals surface area contributed by atoms with Crippen molar-refractivity contribution in [2.45, 2.75) is 354 Å². The Bertz CT molecular complexity index is 1150. The maximum absolute atomic E-state index is 13.3. The smallest absolute Gasteiger partial charge is 0.306 e. The van der Waals surface area contributed by atoms with Gasteiger partial charge in [0.15, 0.2) is 0 Å². The number of rotatable bonds is 57. The number of unbranched alkanes of at least 4 members (excludes halogenated alkanes) is 39. The Morgan fingerprint density at radius 3 is 1.13 bits per heavy atom. The minimum atomic E-state index is -0.790. The van der Waals surface area contributed by atoms with E-state index in [1.807, 2.05) is 0 Å². The van der Waals surface area contributed by atoms with Crippen LogP contribution in [0.1, 0.15) is 335 Å². The van der Waals surface area contributed by atoms with Crippen molar-refractivity contribution in [3.8, 4) is 0 Å². The average Bonchev–Trinajstić information content (AvgIpc) is 3.35. The molecule has 0 aliphatic rings. The number of aliphatic hydroxyl groups excluding tert-OH is 2. The van der Waals surface area contributed by atoms with E-state index in [-0.39, 0.29) is 24.9 Å². The number of aliphatic hydroxyl groups is 2. The lowest BCUT2D eigenvalue weighted by molar-refractivity contribution is -0.151. The first-order valence-corrected chi connectivity index (χ1v) is 31.2. The topological polar surface area (TPSA) is 95.9 Å². The predicted molar refractivity (Wildman–Crippen MR) is 306 cm³/mol. The minimum absolute atomic E-state index is 0.0737. The van der Waals surface area contributed by atoms with Crippen LogP contribution < -0.4 is 5.32 Å². The summed E-state index contributed by atoms with van der Waals surface area (Å²) in [6, 6.07) is -0.704. The van der Waals surface area contributed by atoms with E-state index < -0.39 is 18.2 Å². The molecule has 3 atom stereocenters. The van der Waals surface area contributed by atoms with Crippen LogP contribution in [-0.4, -0.2) is 46.9 Å². The lowest BCUT2D eigenvalue weighted by Gasteiger charge is -2.24. The van der Waals surface area contributed by atoms with Gasteiger partial charge in [0.2, 0.25) is 5.91 Å². The molecule has 0 spiro atoms. The van der Waals surface area contributed by atoms with Crippen molar-refractivity contribution in [2.24, 2.45) is 0 Å². The highest BCUT2D eigenvalue weighted by molar-refractivity contribution is 5.77. The van der Waals surface area contributed by atoms with Gasteiger partial charge < -0.3 is 20.3 Å². The summed E-state index contributed by atoms with van der Waals surface area (Å²) in [6.07, 6.45) is 70.7. The molecule has 0 radical (unpaired) electrons. The number of amides is 1. The molecule has 0 aromatic rings. The molecule has 412 valence electrons. The lowest BCUT2D eigenvalue weighted by atomic mass is 10.0. The molecule has 0 rings (SSSR count). The zero-order valence-electron chi connectivity index (χ0n) is 47.2. The van der Waals surface area contributed by atoms with Crippen LogP contribution in [0.4, 0.5) is 0 Å². The van der Waals surface area contributed by atoms with Gasteiger partial charge in [-0.15, -0.1) is 0 Å². The quantitative estimate of drug-likeness (QED) is 0.0321. The third-order valence-electron chi connectivity index (χ3n) is 14.4. The first-order chi connectivity index (χ1) is 34.5. The van der Waals surface area contributed by atoms with Crippen molar-refractivity contribution < 1.29 is 24.5 Å². The highest BCUT2D eigenvalue weighted by Gasteiger charge is 2.24. The van der Waals surface area contributed by atoms with Crippen LogP contribution in [0.25, 0.3) is 0 Å². The molecule has 6 nitrogen and oxygen atoms in total. The monoisotopic (exact) mass is 984 g/mol. The first-order valence-electron chi connectivity index (χ1n) is 31.2. The van der Waals surface area contributed by atoms with Gasteiger partial charge in [-0.3, -0.25) is 9.59 Å². The van der Waals surface area contributed by atoms with Crippen molar-refractivity contribution in [3.05, 3.63) is 36.5 Å². The van der Waals surface area contributed by atoms with E-state index in [1.54, 1.807) is 0 Å². The highest BCUT2D eigenvalue weighted by Crippen LogP contribution is 2.19. The Balaban J connectivity index is 4.51. The maximum Gasteiger partial charge on any atom is 0.306 e. The number of esters is 1. The fourth-order valence-corrected chi connectivity index (χ4v) is 9.69. The molecule has 0 saturated carbocycles. The number of hydrogen-bond donors (Lipinski definition) is 3. The summed E-state index contributed by atoms with van der Waals surface area (Å²) < 4.78 is 5.98. The Kier molecular flexibility index (Phi) is 56.4. The number of nitrogens with one attached hydrogen (secondary N) is 1. The molecule has 6 heteroatoms. The van der Waals surface area contributed by atoms with Crippen LogP contribution in [0.15, 0.2) is 36.5 Å². The summed E-state index contributed by atoms with van der Waals surface area (Å²) >= 11 is 0. The van der Waals surface area contributed by atoms with Crippen molar-refractivity contribution >= 4 is 11.9 Å². The van der Waals surface area contributed by atoms with Gasteiger partial charge in [-0.25, -0.2) is 0 Å². The Morgan fingerprint density at radius 1 is 0.414 bits per heavy atom. The van der Waals surface area contributed by atoms with E-state index in [0.29, 0.717) is 19.3 Å². The van der Waals surface area contributed by atoms with Gasteiger partial charge in [0.1, 0.15) is 6.10 Å². The summed E-state index contributed by atoms with van der Waals surface area (Å²) in [6.45, 7) is 6.50. The van der Waals surface area contributed by atoms with E-state index in [9.17, 15) is 19.8 Å². The Labute approximate surface area is 436 Å². The molecular weight excluding hydrogens is 863 g/mol. The van der Waals surface area contributed by atoms with Crippen molar-refractivity contribution in [3.63, 3.8) is 0 Å². The van der Waals surface area contributed by atoms with Gasteiger partial charge in [-0.2, -0.15) is 0 Å². The summed E-state index contributed by atoms with van der Waals surface area (Å²) in [5, 5.41) is 24.0. The largest absolute Gasteiger partial charge is 0.462 e. The molecule has 3 unspecified atom stereocenters. The summed E-state index contributed by atoms with van der Waals surface area (Å²) in [5.74, 6) is -0.469. The molecule has 0 heterocycles. The predicted octanol–water partition coefficient (Wildman–Crippen LogP) is 19.6. The number of carbonyl (C=O) groups is 2. The highest BCUT2D eigenvalue weighted by atomic mass is 16.5. The van der Waals surface area contributed by atoms with Crippen LogP contribution in [0, 0.1) is 0 Å². The van der Waals surface area contributed by atoms with Crippen molar-refractivity contribution in [1.82, 2.24) is 5.32 Å². The molecule has 70 heavy (non-hydrogen) atoms. The van der Waals surface area contributed by atoms with Crippen molar-refractivity contribution in [1.29, 1.82) is 0 Å². The maximum atomic E-state index is 13.3. The van der Waals surface area contributed by atoms with E-state index in [0.717, 1.165) is 64.2 Å². The fraction of sp³-hybridized carbons (Fsp3) is 0.875. The third-order valence-corrected chi connectivity index (χ3v) is 14.4. The zero-order chi connectivity index (χ0) is 50.9. The van der Waals surface area contributed by atoms with Crippen LogP contribution in [0.2, 0.25) is 0 Å². The molecule has 0 saturated heterocycles. The molecule has 0 bridgehead atoms. The van der Waals surface area contributed by atoms with Gasteiger partial charge in [0.25, 0.3) is 0 Å². The lowest BCUT2D eigenvalue weighted by Crippen LogP contribution is -2.46. The molecule has 3 N–H and O–H groups in total. The van der Waals surface area contributed by atoms with Gasteiger partial charge in [-0.1, -0.05) is 276 Å². The fourth-order valence-electron chi connectivity index (χ4n) is 9.69. The SMILES string of the molecule is CCCCC/C=C\C/C=C\CCCCCCCCCCCC(=O)OC(CCCCCCC/C=C/CCCCCCCC)CC(=O)NC(CO)C(O)CCCCCCCCCCCCCCCCCCC. The molecule has 1 amide bonds. The summed E-state index contributed by atoms with van der Waals surface area (Å²) in [5.41, 5.74) is 0. The molecule has 0 aromatic heterocycles. The normalized spacial score (nSPS) is 13.3. The number of allylic oxidation sites excluding steroid dienone is 6. The number of carbonyl (C=O) groups excluding carboxylic acids is 2. The first kappa shape index (κ1) is 68.1. The Morgan fingerprint density at radius 2 is 0.729 bits per heavy atom. The van der Waals surface area contributed by atoms with Crippen molar-refractivity contribution in [2.75, 3.05) is 6.61 Å². The summed E-state index contributed by atoms with van der Waals surface area (Å²) in [4.78, 5) is 26.4. The van der Waals surface area contributed by atoms with Gasteiger partial charge in [0, 0.05) is 6.42 Å². The van der Waals surface area contributed by atoms with Crippen LogP contribution in [0.5, 0.6) is 0 Å². The molecule has 0 aromatic carbocycles. The van der Waals surface area contributed by atoms with E-state index in [4.69, 9.17) is 4.74 Å². The third kappa shape index (κ3) is 52.4. The van der Waals surface area contributed by atoms with Gasteiger partial charge in [-0.05, 0) is 83.5 Å². The van der Waals surface area contributed by atoms with Crippen LogP contribution in [0.3, 0.4) is 0 Å².